The number of hydrogen-bond acceptors (Lipinski definition) is 4. The van der Waals surface area contributed by atoms with Crippen LogP contribution in [0.2, 0.25) is 0 Å². The Hall–Kier alpha value is -2.89. The Morgan fingerprint density at radius 3 is 2.56 bits per heavy atom. The standard InChI is InChI=1S/C19H18N2O4/c1-11(21-18(23)12-5-2-3-6-13(12)19(21)24)17(22)20-15-7-4-8-16-14(15)9-10-25-16/h2-3,5-6,9-11,15H,4,7-8H2,1H3,(H,20,22). The highest BCUT2D eigenvalue weighted by atomic mass is 16.3. The number of furan rings is 1. The maximum absolute atomic E-state index is 12.7. The van der Waals surface area contributed by atoms with Gasteiger partial charge in [0.1, 0.15) is 11.8 Å². The predicted octanol–water partition coefficient (Wildman–Crippen LogP) is 2.46. The molecule has 1 aromatic heterocycles. The lowest BCUT2D eigenvalue weighted by Crippen LogP contribution is -2.48. The van der Waals surface area contributed by atoms with Crippen LogP contribution in [0.4, 0.5) is 0 Å². The summed E-state index contributed by atoms with van der Waals surface area (Å²) in [7, 11) is 0. The van der Waals surface area contributed by atoms with Crippen molar-refractivity contribution in [2.24, 2.45) is 0 Å². The second kappa shape index (κ2) is 5.88. The first-order valence-corrected chi connectivity index (χ1v) is 8.41. The highest BCUT2D eigenvalue weighted by Crippen LogP contribution is 2.31. The van der Waals surface area contributed by atoms with Gasteiger partial charge in [0, 0.05) is 12.0 Å². The fraction of sp³-hybridized carbons (Fsp3) is 0.316. The van der Waals surface area contributed by atoms with Crippen LogP contribution in [0.1, 0.15) is 57.8 Å². The van der Waals surface area contributed by atoms with Crippen LogP contribution < -0.4 is 5.32 Å². The molecule has 1 aliphatic carbocycles. The number of rotatable bonds is 3. The first-order valence-electron chi connectivity index (χ1n) is 8.41. The van der Waals surface area contributed by atoms with E-state index in [0.29, 0.717) is 11.1 Å². The number of aryl methyl sites for hydroxylation is 1. The third-order valence-electron chi connectivity index (χ3n) is 4.96. The first-order chi connectivity index (χ1) is 12.1. The molecule has 25 heavy (non-hydrogen) atoms. The van der Waals surface area contributed by atoms with Gasteiger partial charge in [-0.2, -0.15) is 0 Å². The summed E-state index contributed by atoms with van der Waals surface area (Å²) in [6, 6.07) is 7.49. The molecule has 0 spiro atoms. The SMILES string of the molecule is CC(C(=O)NC1CCCc2occc21)N1C(=O)c2ccccc2C1=O. The molecule has 3 amide bonds. The minimum Gasteiger partial charge on any atom is -0.469 e. The number of hydrogen-bond donors (Lipinski definition) is 1. The normalized spacial score (nSPS) is 20.2. The molecule has 0 saturated carbocycles. The van der Waals surface area contributed by atoms with E-state index in [2.05, 4.69) is 5.32 Å². The van der Waals surface area contributed by atoms with E-state index in [1.807, 2.05) is 6.07 Å². The third-order valence-corrected chi connectivity index (χ3v) is 4.96. The van der Waals surface area contributed by atoms with Crippen molar-refractivity contribution >= 4 is 17.7 Å². The Morgan fingerprint density at radius 1 is 1.20 bits per heavy atom. The van der Waals surface area contributed by atoms with Crippen LogP contribution in [0.3, 0.4) is 0 Å². The molecule has 2 aromatic rings. The third kappa shape index (κ3) is 2.45. The van der Waals surface area contributed by atoms with Crippen LogP contribution in [-0.2, 0) is 11.2 Å². The van der Waals surface area contributed by atoms with Gasteiger partial charge in [0.15, 0.2) is 0 Å². The molecule has 1 N–H and O–H groups in total. The maximum Gasteiger partial charge on any atom is 0.262 e. The fourth-order valence-corrected chi connectivity index (χ4v) is 3.61. The Labute approximate surface area is 144 Å². The van der Waals surface area contributed by atoms with E-state index in [4.69, 9.17) is 4.42 Å². The van der Waals surface area contributed by atoms with Crippen LogP contribution >= 0.6 is 0 Å². The number of fused-ring (bicyclic) bond motifs is 2. The number of carbonyl (C=O) groups is 3. The maximum atomic E-state index is 12.7. The quantitative estimate of drug-likeness (QED) is 0.872. The van der Waals surface area contributed by atoms with Crippen molar-refractivity contribution < 1.29 is 18.8 Å². The lowest BCUT2D eigenvalue weighted by atomic mass is 9.93. The van der Waals surface area contributed by atoms with E-state index in [1.54, 1.807) is 37.5 Å². The van der Waals surface area contributed by atoms with Gasteiger partial charge in [0.2, 0.25) is 5.91 Å². The summed E-state index contributed by atoms with van der Waals surface area (Å²) in [4.78, 5) is 38.7. The molecule has 0 fully saturated rings. The van der Waals surface area contributed by atoms with E-state index >= 15 is 0 Å². The average molecular weight is 338 g/mol. The summed E-state index contributed by atoms with van der Waals surface area (Å²) >= 11 is 0. The summed E-state index contributed by atoms with van der Waals surface area (Å²) in [5.74, 6) is -0.287. The summed E-state index contributed by atoms with van der Waals surface area (Å²) in [6.07, 6.45) is 4.23. The topological polar surface area (TPSA) is 79.6 Å². The largest absolute Gasteiger partial charge is 0.469 e. The molecule has 2 unspecified atom stereocenters. The highest BCUT2D eigenvalue weighted by molar-refractivity contribution is 6.22. The smallest absolute Gasteiger partial charge is 0.262 e. The molecule has 2 aliphatic rings. The molecule has 6 heteroatoms. The molecule has 1 aliphatic heterocycles. The Bertz CT molecular complexity index is 835. The summed E-state index contributed by atoms with van der Waals surface area (Å²) in [6.45, 7) is 1.58. The van der Waals surface area contributed by atoms with Gasteiger partial charge in [0.25, 0.3) is 11.8 Å². The van der Waals surface area contributed by atoms with Crippen LogP contribution in [0.5, 0.6) is 0 Å². The van der Waals surface area contributed by atoms with Crippen LogP contribution in [0, 0.1) is 0 Å². The number of benzene rings is 1. The lowest BCUT2D eigenvalue weighted by molar-refractivity contribution is -0.125. The van der Waals surface area contributed by atoms with Gasteiger partial charge >= 0.3 is 0 Å². The van der Waals surface area contributed by atoms with E-state index in [1.165, 1.54) is 0 Å². The van der Waals surface area contributed by atoms with Crippen molar-refractivity contribution in [1.82, 2.24) is 10.2 Å². The molecule has 0 bridgehead atoms. The van der Waals surface area contributed by atoms with Gasteiger partial charge < -0.3 is 9.73 Å². The Balaban J connectivity index is 1.53. The molecule has 0 radical (unpaired) electrons. The summed E-state index contributed by atoms with van der Waals surface area (Å²) in [5, 5.41) is 2.96. The number of amides is 3. The van der Waals surface area contributed by atoms with E-state index in [9.17, 15) is 14.4 Å². The van der Waals surface area contributed by atoms with Crippen molar-refractivity contribution in [2.45, 2.75) is 38.3 Å². The summed E-state index contributed by atoms with van der Waals surface area (Å²) < 4.78 is 5.43. The summed E-state index contributed by atoms with van der Waals surface area (Å²) in [5.41, 5.74) is 1.68. The van der Waals surface area contributed by atoms with Gasteiger partial charge in [-0.3, -0.25) is 19.3 Å². The van der Waals surface area contributed by atoms with E-state index in [-0.39, 0.29) is 11.9 Å². The first kappa shape index (κ1) is 15.6. The van der Waals surface area contributed by atoms with Crippen LogP contribution in [0.25, 0.3) is 0 Å². The van der Waals surface area contributed by atoms with Crippen molar-refractivity contribution in [3.63, 3.8) is 0 Å². The molecule has 1 aromatic carbocycles. The Morgan fingerprint density at radius 2 is 1.88 bits per heavy atom. The highest BCUT2D eigenvalue weighted by Gasteiger charge is 2.41. The Kier molecular flexibility index (Phi) is 3.67. The number of nitrogens with one attached hydrogen (secondary N) is 1. The number of carbonyl (C=O) groups excluding carboxylic acids is 3. The van der Waals surface area contributed by atoms with Crippen molar-refractivity contribution in [2.75, 3.05) is 0 Å². The molecule has 2 atom stereocenters. The van der Waals surface area contributed by atoms with Crippen LogP contribution in [0.15, 0.2) is 41.0 Å². The minimum absolute atomic E-state index is 0.146. The second-order valence-corrected chi connectivity index (χ2v) is 6.45. The van der Waals surface area contributed by atoms with Crippen molar-refractivity contribution in [3.05, 3.63) is 59.0 Å². The average Bonchev–Trinajstić information content (AvgIpc) is 3.19. The monoisotopic (exact) mass is 338 g/mol. The predicted molar refractivity (Wildman–Crippen MR) is 88.9 cm³/mol. The zero-order valence-corrected chi connectivity index (χ0v) is 13.8. The van der Waals surface area contributed by atoms with E-state index < -0.39 is 17.9 Å². The van der Waals surface area contributed by atoms with E-state index in [0.717, 1.165) is 35.5 Å². The molecule has 0 saturated heterocycles. The van der Waals surface area contributed by atoms with Gasteiger partial charge in [-0.15, -0.1) is 0 Å². The zero-order valence-electron chi connectivity index (χ0n) is 13.8. The molecule has 2 heterocycles. The lowest BCUT2D eigenvalue weighted by Gasteiger charge is -2.27. The molecular weight excluding hydrogens is 320 g/mol. The molecule has 6 nitrogen and oxygen atoms in total. The zero-order chi connectivity index (χ0) is 17.6. The molecule has 4 rings (SSSR count). The van der Waals surface area contributed by atoms with Gasteiger partial charge in [-0.1, -0.05) is 12.1 Å². The van der Waals surface area contributed by atoms with Crippen molar-refractivity contribution in [3.8, 4) is 0 Å². The van der Waals surface area contributed by atoms with Crippen LogP contribution in [-0.4, -0.2) is 28.7 Å². The second-order valence-electron chi connectivity index (χ2n) is 6.45. The number of nitrogens with zero attached hydrogens (tertiary/aromatic N) is 1. The van der Waals surface area contributed by atoms with Gasteiger partial charge in [0.05, 0.1) is 23.4 Å². The van der Waals surface area contributed by atoms with Gasteiger partial charge in [-0.25, -0.2) is 0 Å². The fourth-order valence-electron chi connectivity index (χ4n) is 3.61. The molecular formula is C19H18N2O4. The van der Waals surface area contributed by atoms with Gasteiger partial charge in [-0.05, 0) is 38.0 Å². The van der Waals surface area contributed by atoms with Crippen molar-refractivity contribution in [1.29, 1.82) is 0 Å². The molecule has 128 valence electrons. The number of imide groups is 1. The minimum atomic E-state index is -0.871.